The van der Waals surface area contributed by atoms with Crippen molar-refractivity contribution in [3.63, 3.8) is 0 Å². The highest BCUT2D eigenvalue weighted by Crippen LogP contribution is 2.39. The second-order valence-corrected chi connectivity index (χ2v) is 6.49. The van der Waals surface area contributed by atoms with Crippen molar-refractivity contribution in [3.05, 3.63) is 11.9 Å². The van der Waals surface area contributed by atoms with Gasteiger partial charge in [-0.15, -0.1) is 0 Å². The van der Waals surface area contributed by atoms with E-state index in [4.69, 9.17) is 4.98 Å². The third kappa shape index (κ3) is 3.66. The Kier molecular flexibility index (Phi) is 4.61. The molecule has 0 spiro atoms. The van der Waals surface area contributed by atoms with Crippen molar-refractivity contribution in [1.82, 2.24) is 9.97 Å². The number of hydrogen-bond acceptors (Lipinski definition) is 4. The highest BCUT2D eigenvalue weighted by atomic mass is 15.2. The van der Waals surface area contributed by atoms with E-state index >= 15 is 0 Å². The highest BCUT2D eigenvalue weighted by Gasteiger charge is 2.28. The van der Waals surface area contributed by atoms with E-state index < -0.39 is 0 Å². The maximum atomic E-state index is 4.85. The molecule has 21 heavy (non-hydrogen) atoms. The minimum atomic E-state index is 0.611. The Morgan fingerprint density at radius 3 is 2.52 bits per heavy atom. The number of anilines is 2. The first-order valence-electron chi connectivity index (χ1n) is 8.68. The molecule has 1 saturated heterocycles. The van der Waals surface area contributed by atoms with Crippen LogP contribution in [0.15, 0.2) is 6.07 Å². The van der Waals surface area contributed by atoms with E-state index in [1.54, 1.807) is 0 Å². The van der Waals surface area contributed by atoms with Gasteiger partial charge in [-0.2, -0.15) is 0 Å². The Hall–Kier alpha value is -1.32. The van der Waals surface area contributed by atoms with Crippen LogP contribution in [0.3, 0.4) is 0 Å². The normalized spacial score (nSPS) is 19.8. The van der Waals surface area contributed by atoms with Crippen molar-refractivity contribution in [3.8, 4) is 0 Å². The molecule has 116 valence electrons. The summed E-state index contributed by atoms with van der Waals surface area (Å²) in [5.41, 5.74) is 0. The Morgan fingerprint density at radius 1 is 1.14 bits per heavy atom. The monoisotopic (exact) mass is 288 g/mol. The fourth-order valence-electron chi connectivity index (χ4n) is 3.27. The van der Waals surface area contributed by atoms with Crippen LogP contribution >= 0.6 is 0 Å². The van der Waals surface area contributed by atoms with Gasteiger partial charge in [0.2, 0.25) is 0 Å². The Morgan fingerprint density at radius 2 is 1.90 bits per heavy atom. The zero-order valence-electron chi connectivity index (χ0n) is 13.4. The van der Waals surface area contributed by atoms with Gasteiger partial charge in [0.15, 0.2) is 0 Å². The second-order valence-electron chi connectivity index (χ2n) is 6.49. The minimum Gasteiger partial charge on any atom is -0.370 e. The molecule has 0 bridgehead atoms. The molecule has 2 aliphatic rings. The summed E-state index contributed by atoms with van der Waals surface area (Å²) < 4.78 is 0. The van der Waals surface area contributed by atoms with Crippen LogP contribution in [-0.4, -0.2) is 29.6 Å². The SMILES string of the molecule is CCCC1CCN(c2cc(NCC)nc(C3CC3)n2)CC1. The Bertz CT molecular complexity index is 462. The smallest absolute Gasteiger partial charge is 0.136 e. The molecule has 2 fully saturated rings. The Balaban J connectivity index is 1.72. The van der Waals surface area contributed by atoms with Crippen LogP contribution in [-0.2, 0) is 0 Å². The quantitative estimate of drug-likeness (QED) is 0.864. The predicted octanol–water partition coefficient (Wildman–Crippen LogP) is 3.80. The molecule has 4 heteroatoms. The van der Waals surface area contributed by atoms with E-state index in [0.717, 1.165) is 43.0 Å². The molecule has 0 aromatic carbocycles. The van der Waals surface area contributed by atoms with Gasteiger partial charge in [-0.1, -0.05) is 19.8 Å². The number of piperidine rings is 1. The van der Waals surface area contributed by atoms with Crippen LogP contribution in [0.25, 0.3) is 0 Å². The van der Waals surface area contributed by atoms with Crippen molar-refractivity contribution < 1.29 is 0 Å². The topological polar surface area (TPSA) is 41.0 Å². The lowest BCUT2D eigenvalue weighted by Crippen LogP contribution is -2.34. The van der Waals surface area contributed by atoms with E-state index in [2.05, 4.69) is 35.1 Å². The predicted molar refractivity (Wildman–Crippen MR) is 88.0 cm³/mol. The van der Waals surface area contributed by atoms with Gasteiger partial charge in [0.05, 0.1) is 0 Å². The van der Waals surface area contributed by atoms with Gasteiger partial charge < -0.3 is 10.2 Å². The maximum Gasteiger partial charge on any atom is 0.136 e. The molecule has 1 aliphatic carbocycles. The summed E-state index contributed by atoms with van der Waals surface area (Å²) in [6.45, 7) is 7.63. The molecule has 1 aliphatic heterocycles. The van der Waals surface area contributed by atoms with Crippen molar-refractivity contribution in [2.75, 3.05) is 29.9 Å². The van der Waals surface area contributed by atoms with Crippen molar-refractivity contribution in [1.29, 1.82) is 0 Å². The summed E-state index contributed by atoms with van der Waals surface area (Å²) in [4.78, 5) is 12.0. The molecular formula is C17H28N4. The lowest BCUT2D eigenvalue weighted by atomic mass is 9.92. The van der Waals surface area contributed by atoms with Crippen LogP contribution in [0.1, 0.15) is 64.1 Å². The molecule has 0 unspecified atom stereocenters. The van der Waals surface area contributed by atoms with Gasteiger partial charge >= 0.3 is 0 Å². The molecule has 0 atom stereocenters. The number of rotatable bonds is 6. The van der Waals surface area contributed by atoms with Gasteiger partial charge in [0, 0.05) is 31.6 Å². The molecule has 1 saturated carbocycles. The van der Waals surface area contributed by atoms with Crippen LogP contribution in [0.2, 0.25) is 0 Å². The van der Waals surface area contributed by atoms with Gasteiger partial charge in [0.25, 0.3) is 0 Å². The average Bonchev–Trinajstić information content (AvgIpc) is 3.33. The molecule has 3 rings (SSSR count). The van der Waals surface area contributed by atoms with Crippen molar-refractivity contribution in [2.45, 2.75) is 58.3 Å². The van der Waals surface area contributed by atoms with Gasteiger partial charge in [-0.05, 0) is 38.5 Å². The third-order valence-electron chi connectivity index (χ3n) is 4.67. The highest BCUT2D eigenvalue weighted by molar-refractivity contribution is 5.50. The largest absolute Gasteiger partial charge is 0.370 e. The summed E-state index contributed by atoms with van der Waals surface area (Å²) in [7, 11) is 0. The zero-order valence-corrected chi connectivity index (χ0v) is 13.4. The van der Waals surface area contributed by atoms with E-state index in [9.17, 15) is 0 Å². The molecule has 1 aromatic heterocycles. The van der Waals surface area contributed by atoms with Crippen molar-refractivity contribution >= 4 is 11.6 Å². The average molecular weight is 288 g/mol. The first-order valence-corrected chi connectivity index (χ1v) is 8.68. The van der Waals surface area contributed by atoms with Gasteiger partial charge in [-0.25, -0.2) is 9.97 Å². The number of nitrogens with one attached hydrogen (secondary N) is 1. The number of aromatic nitrogens is 2. The first kappa shape index (κ1) is 14.6. The number of nitrogens with zero attached hydrogens (tertiary/aromatic N) is 3. The summed E-state index contributed by atoms with van der Waals surface area (Å²) >= 11 is 0. The van der Waals surface area contributed by atoms with E-state index in [0.29, 0.717) is 5.92 Å². The number of hydrogen-bond donors (Lipinski definition) is 1. The zero-order chi connectivity index (χ0) is 14.7. The van der Waals surface area contributed by atoms with Crippen LogP contribution < -0.4 is 10.2 Å². The molecule has 0 amide bonds. The lowest BCUT2D eigenvalue weighted by Gasteiger charge is -2.33. The van der Waals surface area contributed by atoms with E-state index in [1.807, 2.05) is 0 Å². The molecule has 2 heterocycles. The van der Waals surface area contributed by atoms with Crippen molar-refractivity contribution in [2.24, 2.45) is 5.92 Å². The van der Waals surface area contributed by atoms with Gasteiger partial charge in [-0.3, -0.25) is 0 Å². The molecule has 1 N–H and O–H groups in total. The standard InChI is InChI=1S/C17H28N4/c1-3-5-13-8-10-21(11-9-13)16-12-15(18-4-2)19-17(20-16)14-6-7-14/h12-14H,3-11H2,1-2H3,(H,18,19,20). The van der Waals surface area contributed by atoms with Crippen LogP contribution in [0, 0.1) is 5.92 Å². The second kappa shape index (κ2) is 6.63. The molecule has 0 radical (unpaired) electrons. The van der Waals surface area contributed by atoms with Gasteiger partial charge in [0.1, 0.15) is 17.5 Å². The van der Waals surface area contributed by atoms with E-state index in [1.165, 1.54) is 38.5 Å². The maximum absolute atomic E-state index is 4.85. The first-order chi connectivity index (χ1) is 10.3. The minimum absolute atomic E-state index is 0.611. The fourth-order valence-corrected chi connectivity index (χ4v) is 3.27. The summed E-state index contributed by atoms with van der Waals surface area (Å²) in [6, 6.07) is 2.13. The van der Waals surface area contributed by atoms with Crippen LogP contribution in [0.5, 0.6) is 0 Å². The van der Waals surface area contributed by atoms with E-state index in [-0.39, 0.29) is 0 Å². The Labute approximate surface area is 128 Å². The molecule has 1 aromatic rings. The summed E-state index contributed by atoms with van der Waals surface area (Å²) in [5, 5.41) is 3.36. The third-order valence-corrected chi connectivity index (χ3v) is 4.67. The van der Waals surface area contributed by atoms with Crippen LogP contribution in [0.4, 0.5) is 11.6 Å². The summed E-state index contributed by atoms with van der Waals surface area (Å²) in [6.07, 6.45) is 7.84. The molecule has 4 nitrogen and oxygen atoms in total. The fraction of sp³-hybridized carbons (Fsp3) is 0.765. The molecular weight excluding hydrogens is 260 g/mol. The summed E-state index contributed by atoms with van der Waals surface area (Å²) in [5.74, 6) is 4.72. The lowest BCUT2D eigenvalue weighted by molar-refractivity contribution is 0.377.